The summed E-state index contributed by atoms with van der Waals surface area (Å²) in [5, 5.41) is 1.38. The molecule has 3 aromatic rings. The second-order valence-corrected chi connectivity index (χ2v) is 8.33. The SMILES string of the molecule is CC(C)(CCCc1cccc(Oc2ccccc2)c1)c1cc(Cl)cc(Cl)c1. The molecule has 0 aromatic heterocycles. The van der Waals surface area contributed by atoms with Gasteiger partial charge < -0.3 is 4.74 Å². The zero-order chi connectivity index (χ0) is 19.3. The van der Waals surface area contributed by atoms with Crippen molar-refractivity contribution in [3.63, 3.8) is 0 Å². The van der Waals surface area contributed by atoms with Crippen molar-refractivity contribution in [3.05, 3.63) is 94.0 Å². The quantitative estimate of drug-likeness (QED) is 0.390. The summed E-state index contributed by atoms with van der Waals surface area (Å²) in [5.74, 6) is 1.73. The monoisotopic (exact) mass is 398 g/mol. The van der Waals surface area contributed by atoms with Gasteiger partial charge in [-0.1, -0.05) is 67.4 Å². The lowest BCUT2D eigenvalue weighted by Gasteiger charge is -2.26. The van der Waals surface area contributed by atoms with Crippen LogP contribution < -0.4 is 4.74 Å². The van der Waals surface area contributed by atoms with Gasteiger partial charge in [0.25, 0.3) is 0 Å². The normalized spacial score (nSPS) is 11.4. The van der Waals surface area contributed by atoms with Crippen LogP contribution in [0.1, 0.15) is 37.8 Å². The summed E-state index contributed by atoms with van der Waals surface area (Å²) < 4.78 is 5.93. The van der Waals surface area contributed by atoms with Crippen LogP contribution in [0.5, 0.6) is 11.5 Å². The number of ether oxygens (including phenoxy) is 1. The lowest BCUT2D eigenvalue weighted by atomic mass is 9.80. The molecule has 3 heteroatoms. The van der Waals surface area contributed by atoms with Crippen LogP contribution >= 0.6 is 23.2 Å². The minimum Gasteiger partial charge on any atom is -0.457 e. The van der Waals surface area contributed by atoms with Gasteiger partial charge in [0.2, 0.25) is 0 Å². The molecule has 0 aliphatic carbocycles. The molecular formula is C24H24Cl2O. The van der Waals surface area contributed by atoms with Crippen molar-refractivity contribution >= 4 is 23.2 Å². The Morgan fingerprint density at radius 3 is 2.15 bits per heavy atom. The lowest BCUT2D eigenvalue weighted by molar-refractivity contribution is 0.460. The van der Waals surface area contributed by atoms with Gasteiger partial charge >= 0.3 is 0 Å². The van der Waals surface area contributed by atoms with E-state index in [2.05, 4.69) is 32.0 Å². The van der Waals surface area contributed by atoms with E-state index < -0.39 is 0 Å². The van der Waals surface area contributed by atoms with Gasteiger partial charge in [0.15, 0.2) is 0 Å². The largest absolute Gasteiger partial charge is 0.457 e. The van der Waals surface area contributed by atoms with Crippen molar-refractivity contribution in [2.45, 2.75) is 38.5 Å². The third-order valence-electron chi connectivity index (χ3n) is 4.79. The van der Waals surface area contributed by atoms with E-state index in [1.165, 1.54) is 11.1 Å². The first kappa shape index (κ1) is 19.8. The van der Waals surface area contributed by atoms with E-state index in [9.17, 15) is 0 Å². The van der Waals surface area contributed by atoms with Crippen LogP contribution in [0.4, 0.5) is 0 Å². The zero-order valence-corrected chi connectivity index (χ0v) is 17.2. The Kier molecular flexibility index (Phi) is 6.46. The average molecular weight is 399 g/mol. The maximum absolute atomic E-state index is 6.17. The summed E-state index contributed by atoms with van der Waals surface area (Å²) in [5.41, 5.74) is 2.48. The molecule has 27 heavy (non-hydrogen) atoms. The smallest absolute Gasteiger partial charge is 0.127 e. The van der Waals surface area contributed by atoms with Crippen LogP contribution in [0.15, 0.2) is 72.8 Å². The van der Waals surface area contributed by atoms with E-state index in [-0.39, 0.29) is 5.41 Å². The molecule has 3 aromatic carbocycles. The summed E-state index contributed by atoms with van der Waals surface area (Å²) in [7, 11) is 0. The third-order valence-corrected chi connectivity index (χ3v) is 5.23. The van der Waals surface area contributed by atoms with Crippen LogP contribution in [0, 0.1) is 0 Å². The van der Waals surface area contributed by atoms with Crippen LogP contribution in [0.2, 0.25) is 10.0 Å². The molecule has 0 unspecified atom stereocenters. The van der Waals surface area contributed by atoms with Crippen LogP contribution in [0.25, 0.3) is 0 Å². The summed E-state index contributed by atoms with van der Waals surface area (Å²) in [6.07, 6.45) is 3.13. The molecule has 140 valence electrons. The average Bonchev–Trinajstić information content (AvgIpc) is 2.62. The second-order valence-electron chi connectivity index (χ2n) is 7.46. The number of para-hydroxylation sites is 1. The maximum atomic E-state index is 6.17. The van der Waals surface area contributed by atoms with E-state index in [1.54, 1.807) is 6.07 Å². The molecule has 0 saturated heterocycles. The maximum Gasteiger partial charge on any atom is 0.127 e. The molecule has 0 bridgehead atoms. The van der Waals surface area contributed by atoms with E-state index in [0.29, 0.717) is 10.0 Å². The Morgan fingerprint density at radius 1 is 0.778 bits per heavy atom. The van der Waals surface area contributed by atoms with E-state index in [1.807, 2.05) is 48.5 Å². The van der Waals surface area contributed by atoms with Gasteiger partial charge in [-0.25, -0.2) is 0 Å². The molecule has 0 amide bonds. The summed E-state index contributed by atoms with van der Waals surface area (Å²) in [6, 6.07) is 24.0. The molecule has 0 saturated carbocycles. The predicted molar refractivity (Wildman–Crippen MR) is 115 cm³/mol. The number of halogens is 2. The van der Waals surface area contributed by atoms with E-state index in [0.717, 1.165) is 30.8 Å². The van der Waals surface area contributed by atoms with Gasteiger partial charge in [-0.15, -0.1) is 0 Å². The van der Waals surface area contributed by atoms with Crippen molar-refractivity contribution < 1.29 is 4.74 Å². The van der Waals surface area contributed by atoms with Crippen molar-refractivity contribution in [1.82, 2.24) is 0 Å². The lowest BCUT2D eigenvalue weighted by Crippen LogP contribution is -2.17. The number of benzene rings is 3. The van der Waals surface area contributed by atoms with Gasteiger partial charge in [0.05, 0.1) is 0 Å². The highest BCUT2D eigenvalue weighted by Gasteiger charge is 2.21. The molecule has 0 aliphatic heterocycles. The molecule has 0 aliphatic rings. The molecule has 0 spiro atoms. The van der Waals surface area contributed by atoms with Crippen molar-refractivity contribution in [1.29, 1.82) is 0 Å². The van der Waals surface area contributed by atoms with Gasteiger partial charge in [-0.3, -0.25) is 0 Å². The van der Waals surface area contributed by atoms with E-state index in [4.69, 9.17) is 27.9 Å². The molecule has 0 radical (unpaired) electrons. The Balaban J connectivity index is 1.60. The van der Waals surface area contributed by atoms with Crippen molar-refractivity contribution in [2.75, 3.05) is 0 Å². The highest BCUT2D eigenvalue weighted by molar-refractivity contribution is 6.34. The highest BCUT2D eigenvalue weighted by Crippen LogP contribution is 2.33. The zero-order valence-electron chi connectivity index (χ0n) is 15.7. The number of hydrogen-bond donors (Lipinski definition) is 0. The fraction of sp³-hybridized carbons (Fsp3) is 0.250. The van der Waals surface area contributed by atoms with Crippen LogP contribution in [-0.2, 0) is 11.8 Å². The molecule has 3 rings (SSSR count). The van der Waals surface area contributed by atoms with Crippen molar-refractivity contribution in [2.24, 2.45) is 0 Å². The molecule has 1 nitrogen and oxygen atoms in total. The summed E-state index contributed by atoms with van der Waals surface area (Å²) in [4.78, 5) is 0. The van der Waals surface area contributed by atoms with Gasteiger partial charge in [0, 0.05) is 10.0 Å². The fourth-order valence-electron chi connectivity index (χ4n) is 3.21. The summed E-state index contributed by atoms with van der Waals surface area (Å²) in [6.45, 7) is 4.48. The molecular weight excluding hydrogens is 375 g/mol. The topological polar surface area (TPSA) is 9.23 Å². The number of hydrogen-bond acceptors (Lipinski definition) is 1. The number of aryl methyl sites for hydroxylation is 1. The standard InChI is InChI=1S/C24H24Cl2O/c1-24(2,19-15-20(25)17-21(26)16-19)13-7-9-18-8-6-12-23(14-18)27-22-10-4-3-5-11-22/h3-6,8,10-12,14-17H,7,9,13H2,1-2H3. The molecule has 0 fully saturated rings. The van der Waals surface area contributed by atoms with Gasteiger partial charge in [0.1, 0.15) is 11.5 Å². The Morgan fingerprint density at radius 2 is 1.44 bits per heavy atom. The highest BCUT2D eigenvalue weighted by atomic mass is 35.5. The first-order chi connectivity index (χ1) is 12.9. The molecule has 0 heterocycles. The van der Waals surface area contributed by atoms with Crippen LogP contribution in [-0.4, -0.2) is 0 Å². The minimum absolute atomic E-state index is 0.0205. The molecule has 0 N–H and O–H groups in total. The third kappa shape index (κ3) is 5.76. The van der Waals surface area contributed by atoms with Crippen LogP contribution in [0.3, 0.4) is 0 Å². The fourth-order valence-corrected chi connectivity index (χ4v) is 3.74. The first-order valence-electron chi connectivity index (χ1n) is 9.21. The molecule has 0 atom stereocenters. The summed E-state index contributed by atoms with van der Waals surface area (Å²) >= 11 is 12.3. The minimum atomic E-state index is 0.0205. The second kappa shape index (κ2) is 8.82. The van der Waals surface area contributed by atoms with E-state index >= 15 is 0 Å². The Labute approximate surface area is 171 Å². The van der Waals surface area contributed by atoms with Gasteiger partial charge in [-0.2, -0.15) is 0 Å². The first-order valence-corrected chi connectivity index (χ1v) is 9.96. The Bertz CT molecular complexity index is 868. The van der Waals surface area contributed by atoms with Gasteiger partial charge in [-0.05, 0) is 78.3 Å². The number of rotatable bonds is 7. The van der Waals surface area contributed by atoms with Crippen molar-refractivity contribution in [3.8, 4) is 11.5 Å². The predicted octanol–water partition coefficient (Wildman–Crippen LogP) is 8.09. The Hall–Kier alpha value is -1.96.